The first-order chi connectivity index (χ1) is 19.2. The van der Waals surface area contributed by atoms with E-state index in [1.54, 1.807) is 0 Å². The van der Waals surface area contributed by atoms with Gasteiger partial charge in [-0.3, -0.25) is 0 Å². The Balaban J connectivity index is 1.51. The average Bonchev–Trinajstić information content (AvgIpc) is 2.96. The molecule has 2 rings (SSSR count). The van der Waals surface area contributed by atoms with Crippen molar-refractivity contribution in [1.82, 2.24) is 0 Å². The molecule has 0 spiro atoms. The molecule has 0 saturated carbocycles. The molecule has 0 aliphatic carbocycles. The van der Waals surface area contributed by atoms with Gasteiger partial charge in [0, 0.05) is 13.2 Å². The summed E-state index contributed by atoms with van der Waals surface area (Å²) in [7, 11) is 0. The molecule has 3 nitrogen and oxygen atoms in total. The van der Waals surface area contributed by atoms with Crippen LogP contribution in [0.5, 0.6) is 11.5 Å². The van der Waals surface area contributed by atoms with Gasteiger partial charge in [0.1, 0.15) is 11.5 Å². The van der Waals surface area contributed by atoms with Gasteiger partial charge in [-0.15, -0.1) is 0 Å². The van der Waals surface area contributed by atoms with E-state index in [9.17, 15) is 0 Å². The molecule has 1 atom stereocenters. The lowest BCUT2D eigenvalue weighted by atomic mass is 10.1. The molecule has 3 heteroatoms. The lowest BCUT2D eigenvalue weighted by Crippen LogP contribution is -2.08. The Hall–Kier alpha value is -2.00. The lowest BCUT2D eigenvalue weighted by molar-refractivity contribution is 0.114. The second-order valence-electron chi connectivity index (χ2n) is 11.3. The van der Waals surface area contributed by atoms with Crippen molar-refractivity contribution in [3.63, 3.8) is 0 Å². The van der Waals surface area contributed by atoms with Crippen LogP contribution in [0.4, 0.5) is 0 Å². The maximum absolute atomic E-state index is 6.02. The highest BCUT2D eigenvalue weighted by Crippen LogP contribution is 2.25. The maximum Gasteiger partial charge on any atom is 0.119 e. The van der Waals surface area contributed by atoms with Crippen molar-refractivity contribution in [3.8, 4) is 22.6 Å². The number of ether oxygens (including phenoxy) is 3. The minimum absolute atomic E-state index is 0.615. The van der Waals surface area contributed by atoms with E-state index in [4.69, 9.17) is 14.2 Å². The molecule has 2 aromatic rings. The van der Waals surface area contributed by atoms with Gasteiger partial charge in [-0.2, -0.15) is 0 Å². The van der Waals surface area contributed by atoms with E-state index < -0.39 is 0 Å². The number of unbranched alkanes of at least 4 members (excludes halogenated alkanes) is 12. The van der Waals surface area contributed by atoms with E-state index in [1.807, 2.05) is 0 Å². The fraction of sp³-hybridized carbons (Fsp3) is 0.667. The Morgan fingerprint density at radius 1 is 0.462 bits per heavy atom. The normalized spacial score (nSPS) is 12.0. The zero-order chi connectivity index (χ0) is 27.8. The highest BCUT2D eigenvalue weighted by molar-refractivity contribution is 5.64. The van der Waals surface area contributed by atoms with Crippen molar-refractivity contribution in [3.05, 3.63) is 48.5 Å². The molecule has 0 aliphatic heterocycles. The van der Waals surface area contributed by atoms with Gasteiger partial charge in [-0.25, -0.2) is 0 Å². The smallest absolute Gasteiger partial charge is 0.119 e. The van der Waals surface area contributed by atoms with Crippen molar-refractivity contribution in [2.24, 2.45) is 5.92 Å². The molecular formula is C36H58O3. The van der Waals surface area contributed by atoms with Crippen LogP contribution in [0.2, 0.25) is 0 Å². The summed E-state index contributed by atoms with van der Waals surface area (Å²) in [4.78, 5) is 0. The third-order valence-electron chi connectivity index (χ3n) is 7.59. The van der Waals surface area contributed by atoms with Crippen LogP contribution in [-0.2, 0) is 4.74 Å². The van der Waals surface area contributed by atoms with Crippen LogP contribution < -0.4 is 9.47 Å². The van der Waals surface area contributed by atoms with Gasteiger partial charge < -0.3 is 14.2 Å². The summed E-state index contributed by atoms with van der Waals surface area (Å²) in [5.41, 5.74) is 2.40. The molecule has 39 heavy (non-hydrogen) atoms. The predicted molar refractivity (Wildman–Crippen MR) is 168 cm³/mol. The highest BCUT2D eigenvalue weighted by atomic mass is 16.5. The van der Waals surface area contributed by atoms with E-state index in [0.717, 1.165) is 57.2 Å². The molecule has 0 saturated heterocycles. The second-order valence-corrected chi connectivity index (χ2v) is 11.3. The van der Waals surface area contributed by atoms with Crippen LogP contribution in [0.3, 0.4) is 0 Å². The number of hydrogen-bond acceptors (Lipinski definition) is 3. The molecule has 2 aromatic carbocycles. The van der Waals surface area contributed by atoms with Crippen LogP contribution in [-0.4, -0.2) is 26.4 Å². The van der Waals surface area contributed by atoms with Crippen LogP contribution in [0.25, 0.3) is 11.1 Å². The van der Waals surface area contributed by atoms with E-state index >= 15 is 0 Å². The van der Waals surface area contributed by atoms with Gasteiger partial charge in [-0.05, 0) is 67.0 Å². The topological polar surface area (TPSA) is 27.7 Å². The van der Waals surface area contributed by atoms with Gasteiger partial charge in [0.15, 0.2) is 0 Å². The Morgan fingerprint density at radius 3 is 1.38 bits per heavy atom. The summed E-state index contributed by atoms with van der Waals surface area (Å²) in [6.07, 6.45) is 20.7. The van der Waals surface area contributed by atoms with Crippen molar-refractivity contribution in [2.45, 2.75) is 124 Å². The molecular weight excluding hydrogens is 480 g/mol. The Labute approximate surface area is 241 Å². The first-order valence-electron chi connectivity index (χ1n) is 16.3. The first kappa shape index (κ1) is 33.2. The van der Waals surface area contributed by atoms with Crippen molar-refractivity contribution >= 4 is 0 Å². The molecule has 220 valence electrons. The van der Waals surface area contributed by atoms with Crippen molar-refractivity contribution in [1.29, 1.82) is 0 Å². The summed E-state index contributed by atoms with van der Waals surface area (Å²) in [5, 5.41) is 0. The van der Waals surface area contributed by atoms with E-state index in [2.05, 4.69) is 69.3 Å². The molecule has 0 aliphatic rings. The standard InChI is InChI=1S/C36H58O3/c1-4-6-8-10-12-13-14-16-28-37-30-26-32(3)27-31-39-36-24-20-34(21-25-36)33-18-22-35(23-19-33)38-29-17-15-11-9-7-5-2/h18-25,32H,4-17,26-31H2,1-3H3. The number of benzene rings is 2. The molecule has 0 bridgehead atoms. The Morgan fingerprint density at radius 2 is 0.872 bits per heavy atom. The van der Waals surface area contributed by atoms with E-state index in [1.165, 1.54) is 94.6 Å². The van der Waals surface area contributed by atoms with Gasteiger partial charge in [0.05, 0.1) is 13.2 Å². The van der Waals surface area contributed by atoms with Gasteiger partial charge >= 0.3 is 0 Å². The fourth-order valence-corrected chi connectivity index (χ4v) is 4.81. The van der Waals surface area contributed by atoms with E-state index in [-0.39, 0.29) is 0 Å². The predicted octanol–water partition coefficient (Wildman–Crippen LogP) is 11.0. The minimum Gasteiger partial charge on any atom is -0.494 e. The van der Waals surface area contributed by atoms with Crippen LogP contribution in [0.1, 0.15) is 124 Å². The summed E-state index contributed by atoms with van der Waals surface area (Å²) in [6, 6.07) is 16.9. The van der Waals surface area contributed by atoms with Crippen molar-refractivity contribution in [2.75, 3.05) is 26.4 Å². The SMILES string of the molecule is CCCCCCCCCCOCCC(C)CCOc1ccc(-c2ccc(OCCCCCCCC)cc2)cc1. The average molecular weight is 539 g/mol. The summed E-state index contributed by atoms with van der Waals surface area (Å²) < 4.78 is 17.8. The molecule has 0 amide bonds. The maximum atomic E-state index is 6.02. The highest BCUT2D eigenvalue weighted by Gasteiger charge is 2.05. The van der Waals surface area contributed by atoms with E-state index in [0.29, 0.717) is 5.92 Å². The molecule has 0 aromatic heterocycles. The lowest BCUT2D eigenvalue weighted by Gasteiger charge is -2.13. The summed E-state index contributed by atoms with van der Waals surface area (Å²) in [5.74, 6) is 2.51. The summed E-state index contributed by atoms with van der Waals surface area (Å²) >= 11 is 0. The minimum atomic E-state index is 0.615. The second kappa shape index (κ2) is 22.8. The number of rotatable bonds is 25. The molecule has 0 heterocycles. The molecule has 0 radical (unpaired) electrons. The van der Waals surface area contributed by atoms with Gasteiger partial charge in [0.25, 0.3) is 0 Å². The van der Waals surface area contributed by atoms with Crippen molar-refractivity contribution < 1.29 is 14.2 Å². The summed E-state index contributed by atoms with van der Waals surface area (Å²) in [6.45, 7) is 10.2. The van der Waals surface area contributed by atoms with Crippen LogP contribution in [0, 0.1) is 5.92 Å². The molecule has 0 fully saturated rings. The third kappa shape index (κ3) is 16.6. The monoisotopic (exact) mass is 538 g/mol. The van der Waals surface area contributed by atoms with Crippen LogP contribution >= 0.6 is 0 Å². The first-order valence-corrected chi connectivity index (χ1v) is 16.3. The Bertz CT molecular complexity index is 799. The van der Waals surface area contributed by atoms with Gasteiger partial charge in [0.2, 0.25) is 0 Å². The Kier molecular flexibility index (Phi) is 19.4. The molecule has 1 unspecified atom stereocenters. The quantitative estimate of drug-likeness (QED) is 0.118. The van der Waals surface area contributed by atoms with Crippen LogP contribution in [0.15, 0.2) is 48.5 Å². The molecule has 0 N–H and O–H groups in total. The number of hydrogen-bond donors (Lipinski definition) is 0. The fourth-order valence-electron chi connectivity index (χ4n) is 4.81. The zero-order valence-corrected chi connectivity index (χ0v) is 25.6. The largest absolute Gasteiger partial charge is 0.494 e. The third-order valence-corrected chi connectivity index (χ3v) is 7.59. The van der Waals surface area contributed by atoms with Gasteiger partial charge in [-0.1, -0.05) is 122 Å². The zero-order valence-electron chi connectivity index (χ0n) is 25.6.